The number of benzene rings is 2. The molecule has 0 atom stereocenters. The molecular formula is C18H16Cl2O2. The number of carbonyl (C=O) groups excluding carboxylic acids is 1. The maximum Gasteiger partial charge on any atom is 0.331 e. The van der Waals surface area contributed by atoms with Gasteiger partial charge >= 0.3 is 5.97 Å². The number of allylic oxidation sites excluding steroid dienone is 1. The molecular weight excluding hydrogens is 319 g/mol. The van der Waals surface area contributed by atoms with Crippen molar-refractivity contribution in [2.45, 2.75) is 13.8 Å². The van der Waals surface area contributed by atoms with E-state index in [-0.39, 0.29) is 5.97 Å². The molecule has 2 aromatic rings. The molecule has 0 aliphatic heterocycles. The van der Waals surface area contributed by atoms with Gasteiger partial charge in [-0.3, -0.25) is 0 Å². The second-order valence-corrected chi connectivity index (χ2v) is 5.54. The number of rotatable bonds is 4. The van der Waals surface area contributed by atoms with Crippen molar-refractivity contribution in [3.8, 4) is 11.1 Å². The third-order valence-electron chi connectivity index (χ3n) is 3.22. The first-order chi connectivity index (χ1) is 10.5. The molecule has 22 heavy (non-hydrogen) atoms. The van der Waals surface area contributed by atoms with Gasteiger partial charge in [0, 0.05) is 11.6 Å². The van der Waals surface area contributed by atoms with Crippen LogP contribution >= 0.6 is 23.2 Å². The highest BCUT2D eigenvalue weighted by Gasteiger charge is 2.07. The molecule has 0 N–H and O–H groups in total. The summed E-state index contributed by atoms with van der Waals surface area (Å²) in [5.74, 6) is -0.332. The van der Waals surface area contributed by atoms with Gasteiger partial charge in [-0.2, -0.15) is 0 Å². The molecule has 0 aromatic heterocycles. The molecule has 0 fully saturated rings. The molecule has 0 aliphatic rings. The zero-order valence-corrected chi connectivity index (χ0v) is 13.9. The van der Waals surface area contributed by atoms with Crippen LogP contribution < -0.4 is 0 Å². The second kappa shape index (κ2) is 7.48. The molecule has 2 rings (SSSR count). The minimum absolute atomic E-state index is 0.332. The molecule has 0 amide bonds. The normalized spacial score (nSPS) is 11.4. The quantitative estimate of drug-likeness (QED) is 0.535. The van der Waals surface area contributed by atoms with Gasteiger partial charge in [0.05, 0.1) is 16.7 Å². The molecule has 0 spiro atoms. The monoisotopic (exact) mass is 334 g/mol. The summed E-state index contributed by atoms with van der Waals surface area (Å²) in [5.41, 5.74) is 3.66. The number of halogens is 2. The Bertz CT molecular complexity index is 704. The summed E-state index contributed by atoms with van der Waals surface area (Å²) < 4.78 is 4.91. The van der Waals surface area contributed by atoms with Crippen LogP contribution in [0, 0.1) is 0 Å². The summed E-state index contributed by atoms with van der Waals surface area (Å²) in [6.45, 7) is 4.03. The fourth-order valence-corrected chi connectivity index (χ4v) is 2.49. The molecule has 0 saturated heterocycles. The van der Waals surface area contributed by atoms with Gasteiger partial charge in [-0.25, -0.2) is 4.79 Å². The summed E-state index contributed by atoms with van der Waals surface area (Å²) >= 11 is 12.3. The first-order valence-corrected chi connectivity index (χ1v) is 7.68. The number of carbonyl (C=O) groups is 1. The zero-order chi connectivity index (χ0) is 16.1. The van der Waals surface area contributed by atoms with Crippen LogP contribution in [0.25, 0.3) is 16.7 Å². The SMILES string of the molecule is CCOC(=O)C=C(C)c1ccc(-c2cccc(Cl)c2Cl)cc1. The van der Waals surface area contributed by atoms with Crippen LogP contribution in [0.3, 0.4) is 0 Å². The van der Waals surface area contributed by atoms with Crippen molar-refractivity contribution in [3.63, 3.8) is 0 Å². The lowest BCUT2D eigenvalue weighted by Gasteiger charge is -2.08. The third kappa shape index (κ3) is 3.90. The van der Waals surface area contributed by atoms with Crippen molar-refractivity contribution in [1.82, 2.24) is 0 Å². The Kier molecular flexibility index (Phi) is 5.64. The highest BCUT2D eigenvalue weighted by molar-refractivity contribution is 6.43. The van der Waals surface area contributed by atoms with E-state index in [0.717, 1.165) is 22.3 Å². The van der Waals surface area contributed by atoms with Crippen LogP contribution in [0.2, 0.25) is 10.0 Å². The Morgan fingerprint density at radius 2 is 1.82 bits per heavy atom. The van der Waals surface area contributed by atoms with E-state index in [0.29, 0.717) is 16.7 Å². The molecule has 0 radical (unpaired) electrons. The first-order valence-electron chi connectivity index (χ1n) is 6.92. The number of hydrogen-bond donors (Lipinski definition) is 0. The third-order valence-corrected chi connectivity index (χ3v) is 4.04. The molecule has 0 saturated carbocycles. The number of esters is 1. The van der Waals surface area contributed by atoms with Crippen LogP contribution in [0.4, 0.5) is 0 Å². The molecule has 2 aromatic carbocycles. The lowest BCUT2D eigenvalue weighted by Crippen LogP contribution is -2.00. The van der Waals surface area contributed by atoms with Gasteiger partial charge in [0.1, 0.15) is 0 Å². The van der Waals surface area contributed by atoms with Crippen LogP contribution in [0.5, 0.6) is 0 Å². The fraction of sp³-hybridized carbons (Fsp3) is 0.167. The van der Waals surface area contributed by atoms with E-state index in [1.165, 1.54) is 6.08 Å². The van der Waals surface area contributed by atoms with Crippen LogP contribution in [-0.4, -0.2) is 12.6 Å². The van der Waals surface area contributed by atoms with E-state index in [9.17, 15) is 4.79 Å². The molecule has 4 heteroatoms. The minimum Gasteiger partial charge on any atom is -0.463 e. The molecule has 114 valence electrons. The highest BCUT2D eigenvalue weighted by Crippen LogP contribution is 2.33. The lowest BCUT2D eigenvalue weighted by molar-refractivity contribution is -0.137. The standard InChI is InChI=1S/C18H16Cl2O2/c1-3-22-17(21)11-12(2)13-7-9-14(10-8-13)15-5-4-6-16(19)18(15)20/h4-11H,3H2,1-2H3. The van der Waals surface area contributed by atoms with Crippen molar-refractivity contribution in [3.05, 3.63) is 64.1 Å². The summed E-state index contributed by atoms with van der Waals surface area (Å²) in [5, 5.41) is 1.07. The molecule has 0 heterocycles. The lowest BCUT2D eigenvalue weighted by atomic mass is 10.0. The average molecular weight is 335 g/mol. The summed E-state index contributed by atoms with van der Waals surface area (Å²) in [4.78, 5) is 11.5. The Labute approximate surface area is 140 Å². The Morgan fingerprint density at radius 1 is 1.14 bits per heavy atom. The summed E-state index contributed by atoms with van der Waals surface area (Å²) in [6.07, 6.45) is 1.49. The Morgan fingerprint density at radius 3 is 2.45 bits per heavy atom. The molecule has 0 unspecified atom stereocenters. The van der Waals surface area contributed by atoms with Crippen molar-refractivity contribution >= 4 is 34.7 Å². The van der Waals surface area contributed by atoms with Crippen molar-refractivity contribution in [1.29, 1.82) is 0 Å². The smallest absolute Gasteiger partial charge is 0.331 e. The molecule has 0 bridgehead atoms. The minimum atomic E-state index is -0.332. The van der Waals surface area contributed by atoms with Gasteiger partial charge in [-0.05, 0) is 36.6 Å². The highest BCUT2D eigenvalue weighted by atomic mass is 35.5. The van der Waals surface area contributed by atoms with E-state index < -0.39 is 0 Å². The van der Waals surface area contributed by atoms with E-state index in [1.54, 1.807) is 13.0 Å². The van der Waals surface area contributed by atoms with Crippen LogP contribution in [0.1, 0.15) is 19.4 Å². The van der Waals surface area contributed by atoms with Crippen LogP contribution in [0.15, 0.2) is 48.5 Å². The van der Waals surface area contributed by atoms with Gasteiger partial charge in [0.2, 0.25) is 0 Å². The van der Waals surface area contributed by atoms with E-state index in [2.05, 4.69) is 0 Å². The van der Waals surface area contributed by atoms with Crippen LogP contribution in [-0.2, 0) is 9.53 Å². The van der Waals surface area contributed by atoms with E-state index in [4.69, 9.17) is 27.9 Å². The van der Waals surface area contributed by atoms with E-state index in [1.807, 2.05) is 43.3 Å². The van der Waals surface area contributed by atoms with Crippen molar-refractivity contribution < 1.29 is 9.53 Å². The van der Waals surface area contributed by atoms with Crippen molar-refractivity contribution in [2.75, 3.05) is 6.61 Å². The van der Waals surface area contributed by atoms with Gasteiger partial charge in [0.15, 0.2) is 0 Å². The fourth-order valence-electron chi connectivity index (χ4n) is 2.08. The van der Waals surface area contributed by atoms with Gasteiger partial charge in [-0.1, -0.05) is 59.6 Å². The topological polar surface area (TPSA) is 26.3 Å². The maximum absolute atomic E-state index is 11.5. The predicted octanol–water partition coefficient (Wildman–Crippen LogP) is 5.63. The number of ether oxygens (including phenoxy) is 1. The second-order valence-electron chi connectivity index (χ2n) is 4.76. The molecule has 2 nitrogen and oxygen atoms in total. The average Bonchev–Trinajstić information content (AvgIpc) is 2.50. The maximum atomic E-state index is 11.5. The Balaban J connectivity index is 2.27. The molecule has 0 aliphatic carbocycles. The van der Waals surface area contributed by atoms with Crippen molar-refractivity contribution in [2.24, 2.45) is 0 Å². The largest absolute Gasteiger partial charge is 0.463 e. The number of hydrogen-bond acceptors (Lipinski definition) is 2. The Hall–Kier alpha value is -1.77. The zero-order valence-electron chi connectivity index (χ0n) is 12.4. The van der Waals surface area contributed by atoms with Gasteiger partial charge < -0.3 is 4.74 Å². The summed E-state index contributed by atoms with van der Waals surface area (Å²) in [7, 11) is 0. The first kappa shape index (κ1) is 16.6. The predicted molar refractivity (Wildman–Crippen MR) is 92.2 cm³/mol. The van der Waals surface area contributed by atoms with E-state index >= 15 is 0 Å². The van der Waals surface area contributed by atoms with Gasteiger partial charge in [0.25, 0.3) is 0 Å². The summed E-state index contributed by atoms with van der Waals surface area (Å²) in [6, 6.07) is 13.3. The van der Waals surface area contributed by atoms with Gasteiger partial charge in [-0.15, -0.1) is 0 Å².